The van der Waals surface area contributed by atoms with Gasteiger partial charge in [0.1, 0.15) is 0 Å². The highest BCUT2D eigenvalue weighted by Crippen LogP contribution is 2.12. The third-order valence-electron chi connectivity index (χ3n) is 1.42. The molecule has 0 amide bonds. The van der Waals surface area contributed by atoms with Crippen LogP contribution in [0.15, 0.2) is 12.1 Å². The molecule has 0 aliphatic carbocycles. The number of halogens is 2. The van der Waals surface area contributed by atoms with Gasteiger partial charge in [-0.3, -0.25) is 0 Å². The van der Waals surface area contributed by atoms with Crippen LogP contribution in [0.1, 0.15) is 11.3 Å². The Morgan fingerprint density at radius 1 is 1.57 bits per heavy atom. The zero-order valence-electron chi connectivity index (χ0n) is 7.50. The van der Waals surface area contributed by atoms with Gasteiger partial charge in [-0.2, -0.15) is 5.26 Å². The smallest absolute Gasteiger partial charge is 0.272 e. The van der Waals surface area contributed by atoms with E-state index in [1.54, 1.807) is 13.0 Å². The first kappa shape index (κ1) is 10.4. The Hall–Kier alpha value is -1.70. The van der Waals surface area contributed by atoms with Crippen molar-refractivity contribution in [3.8, 4) is 11.9 Å². The molecule has 0 spiro atoms. The van der Waals surface area contributed by atoms with Crippen molar-refractivity contribution in [3.63, 3.8) is 0 Å². The Kier molecular flexibility index (Phi) is 3.35. The van der Waals surface area contributed by atoms with Crippen LogP contribution < -0.4 is 4.74 Å². The zero-order chi connectivity index (χ0) is 10.6. The van der Waals surface area contributed by atoms with Crippen LogP contribution in [0.25, 0.3) is 0 Å². The highest BCUT2D eigenvalue weighted by atomic mass is 19.3. The van der Waals surface area contributed by atoms with Gasteiger partial charge in [0.2, 0.25) is 5.88 Å². The molecule has 0 N–H and O–H groups in total. The predicted octanol–water partition coefficient (Wildman–Crippen LogP) is 1.91. The van der Waals surface area contributed by atoms with Gasteiger partial charge < -0.3 is 4.74 Å². The van der Waals surface area contributed by atoms with Crippen LogP contribution in [0, 0.1) is 18.3 Å². The number of nitrogens with zero attached hydrogens (tertiary/aromatic N) is 2. The topological polar surface area (TPSA) is 45.9 Å². The molecule has 3 nitrogen and oxygen atoms in total. The van der Waals surface area contributed by atoms with Crippen LogP contribution in [-0.4, -0.2) is 18.0 Å². The molecule has 1 aromatic rings. The summed E-state index contributed by atoms with van der Waals surface area (Å²) >= 11 is 0. The van der Waals surface area contributed by atoms with Crippen molar-refractivity contribution < 1.29 is 13.5 Å². The van der Waals surface area contributed by atoms with Gasteiger partial charge in [0.15, 0.2) is 6.61 Å². The molecule has 14 heavy (non-hydrogen) atoms. The SMILES string of the molecule is Cc1cc(C#N)cc(OCC(F)F)n1. The quantitative estimate of drug-likeness (QED) is 0.745. The van der Waals surface area contributed by atoms with E-state index in [9.17, 15) is 8.78 Å². The third-order valence-corrected chi connectivity index (χ3v) is 1.42. The molecule has 5 heteroatoms. The lowest BCUT2D eigenvalue weighted by molar-refractivity contribution is 0.0795. The lowest BCUT2D eigenvalue weighted by atomic mass is 10.2. The van der Waals surface area contributed by atoms with E-state index in [1.807, 2.05) is 6.07 Å². The number of rotatable bonds is 3. The summed E-state index contributed by atoms with van der Waals surface area (Å²) in [6, 6.07) is 4.77. The molecule has 0 atom stereocenters. The summed E-state index contributed by atoms with van der Waals surface area (Å²) in [7, 11) is 0. The fourth-order valence-electron chi connectivity index (χ4n) is 0.925. The zero-order valence-corrected chi connectivity index (χ0v) is 7.50. The molecule has 0 radical (unpaired) electrons. The normalized spacial score (nSPS) is 9.93. The molecule has 1 aromatic heterocycles. The van der Waals surface area contributed by atoms with Gasteiger partial charge in [0, 0.05) is 11.8 Å². The second-order valence-electron chi connectivity index (χ2n) is 2.65. The minimum Gasteiger partial charge on any atom is -0.472 e. The number of hydrogen-bond acceptors (Lipinski definition) is 3. The summed E-state index contributed by atoms with van der Waals surface area (Å²) in [5.74, 6) is 0.0573. The maximum Gasteiger partial charge on any atom is 0.272 e. The van der Waals surface area contributed by atoms with E-state index in [2.05, 4.69) is 9.72 Å². The minimum atomic E-state index is -2.54. The van der Waals surface area contributed by atoms with Gasteiger partial charge in [-0.1, -0.05) is 0 Å². The van der Waals surface area contributed by atoms with Crippen molar-refractivity contribution in [2.75, 3.05) is 6.61 Å². The molecule has 0 bridgehead atoms. The molecule has 0 unspecified atom stereocenters. The Morgan fingerprint density at radius 3 is 2.86 bits per heavy atom. The van der Waals surface area contributed by atoms with Crippen LogP contribution in [0.4, 0.5) is 8.78 Å². The van der Waals surface area contributed by atoms with Gasteiger partial charge in [0.25, 0.3) is 6.43 Å². The van der Waals surface area contributed by atoms with Gasteiger partial charge in [-0.15, -0.1) is 0 Å². The van der Waals surface area contributed by atoms with Crippen molar-refractivity contribution in [3.05, 3.63) is 23.4 Å². The Labute approximate surface area is 79.9 Å². The molecule has 1 rings (SSSR count). The molecular formula is C9H8F2N2O. The monoisotopic (exact) mass is 198 g/mol. The number of pyridine rings is 1. The standard InChI is InChI=1S/C9H8F2N2O/c1-6-2-7(4-12)3-9(13-6)14-5-8(10)11/h2-3,8H,5H2,1H3. The second kappa shape index (κ2) is 4.51. The predicted molar refractivity (Wildman–Crippen MR) is 45.2 cm³/mol. The number of ether oxygens (including phenoxy) is 1. The number of aryl methyl sites for hydroxylation is 1. The average Bonchev–Trinajstić information content (AvgIpc) is 2.14. The van der Waals surface area contributed by atoms with Gasteiger partial charge in [0.05, 0.1) is 11.6 Å². The second-order valence-corrected chi connectivity index (χ2v) is 2.65. The lowest BCUT2D eigenvalue weighted by Gasteiger charge is -2.05. The van der Waals surface area contributed by atoms with Crippen molar-refractivity contribution >= 4 is 0 Å². The summed E-state index contributed by atoms with van der Waals surface area (Å²) in [5.41, 5.74) is 0.912. The number of aromatic nitrogens is 1. The molecular weight excluding hydrogens is 190 g/mol. The first-order valence-electron chi connectivity index (χ1n) is 3.91. The molecule has 0 aromatic carbocycles. The first-order valence-corrected chi connectivity index (χ1v) is 3.91. The fraction of sp³-hybridized carbons (Fsp3) is 0.333. The van der Waals surface area contributed by atoms with E-state index in [4.69, 9.17) is 5.26 Å². The van der Waals surface area contributed by atoms with E-state index in [-0.39, 0.29) is 5.88 Å². The summed E-state index contributed by atoms with van der Waals surface area (Å²) in [4.78, 5) is 3.85. The van der Waals surface area contributed by atoms with Crippen molar-refractivity contribution in [1.82, 2.24) is 4.98 Å². The summed E-state index contributed by atoms with van der Waals surface area (Å²) < 4.78 is 28.2. The van der Waals surface area contributed by atoms with Crippen LogP contribution in [-0.2, 0) is 0 Å². The van der Waals surface area contributed by atoms with Gasteiger partial charge in [-0.05, 0) is 13.0 Å². The van der Waals surface area contributed by atoms with Gasteiger partial charge >= 0.3 is 0 Å². The van der Waals surface area contributed by atoms with Crippen molar-refractivity contribution in [1.29, 1.82) is 5.26 Å². The molecule has 1 heterocycles. The fourth-order valence-corrected chi connectivity index (χ4v) is 0.925. The molecule has 0 saturated carbocycles. The summed E-state index contributed by atoms with van der Waals surface area (Å²) in [6.45, 7) is 0.956. The van der Waals surface area contributed by atoms with Crippen molar-refractivity contribution in [2.45, 2.75) is 13.3 Å². The largest absolute Gasteiger partial charge is 0.472 e. The Morgan fingerprint density at radius 2 is 2.29 bits per heavy atom. The Bertz CT molecular complexity index is 360. The molecule has 74 valence electrons. The first-order chi connectivity index (χ1) is 6.61. The van der Waals surface area contributed by atoms with E-state index in [0.717, 1.165) is 0 Å². The minimum absolute atomic E-state index is 0.0573. The maximum absolute atomic E-state index is 11.8. The lowest BCUT2D eigenvalue weighted by Crippen LogP contribution is -2.08. The molecule has 0 aliphatic heterocycles. The van der Waals surface area contributed by atoms with E-state index in [0.29, 0.717) is 11.3 Å². The molecule has 0 saturated heterocycles. The maximum atomic E-state index is 11.8. The molecule has 0 aliphatic rings. The average molecular weight is 198 g/mol. The van der Waals surface area contributed by atoms with Crippen LogP contribution in [0.3, 0.4) is 0 Å². The molecule has 0 fully saturated rings. The van der Waals surface area contributed by atoms with E-state index < -0.39 is 13.0 Å². The Balaban J connectivity index is 2.78. The van der Waals surface area contributed by atoms with E-state index >= 15 is 0 Å². The number of hydrogen-bond donors (Lipinski definition) is 0. The number of alkyl halides is 2. The van der Waals surface area contributed by atoms with Crippen LogP contribution in [0.5, 0.6) is 5.88 Å². The van der Waals surface area contributed by atoms with Crippen LogP contribution in [0.2, 0.25) is 0 Å². The highest BCUT2D eigenvalue weighted by molar-refractivity contribution is 5.34. The summed E-state index contributed by atoms with van der Waals surface area (Å²) in [6.07, 6.45) is -2.54. The number of nitriles is 1. The van der Waals surface area contributed by atoms with Gasteiger partial charge in [-0.25, -0.2) is 13.8 Å². The van der Waals surface area contributed by atoms with Crippen molar-refractivity contribution in [2.24, 2.45) is 0 Å². The summed E-state index contributed by atoms with van der Waals surface area (Å²) in [5, 5.41) is 8.58. The van der Waals surface area contributed by atoms with E-state index in [1.165, 1.54) is 6.07 Å². The van der Waals surface area contributed by atoms with Crippen LogP contribution >= 0.6 is 0 Å². The highest BCUT2D eigenvalue weighted by Gasteiger charge is 2.05. The third kappa shape index (κ3) is 2.98.